The lowest BCUT2D eigenvalue weighted by atomic mass is 9.88. The van der Waals surface area contributed by atoms with Gasteiger partial charge in [-0.15, -0.1) is 0 Å². The molecule has 4 rings (SSSR count). The van der Waals surface area contributed by atoms with E-state index in [4.69, 9.17) is 16.3 Å². The molecule has 0 saturated carbocycles. The predicted octanol–water partition coefficient (Wildman–Crippen LogP) is 5.75. The SMILES string of the molecule is CC(=O)N1CCn2c(C)cc3c(-c4ccc(Cl)cc4OC(C)(C)C)c(CC(=O)O)c(C)c1c32. The second-order valence-corrected chi connectivity index (χ2v) is 10.1. The smallest absolute Gasteiger partial charge is 0.307 e. The summed E-state index contributed by atoms with van der Waals surface area (Å²) in [5.74, 6) is -0.387. The van der Waals surface area contributed by atoms with E-state index in [1.165, 1.54) is 0 Å². The van der Waals surface area contributed by atoms with Crippen molar-refractivity contribution in [3.05, 3.63) is 46.1 Å². The lowest BCUT2D eigenvalue weighted by molar-refractivity contribution is -0.136. The minimum Gasteiger partial charge on any atom is -0.487 e. The fraction of sp³-hybridized carbons (Fsp3) is 0.385. The summed E-state index contributed by atoms with van der Waals surface area (Å²) in [7, 11) is 0. The van der Waals surface area contributed by atoms with Gasteiger partial charge < -0.3 is 19.3 Å². The van der Waals surface area contributed by atoms with Crippen LogP contribution in [0.15, 0.2) is 24.3 Å². The number of carbonyl (C=O) groups excluding carboxylic acids is 1. The van der Waals surface area contributed by atoms with Gasteiger partial charge in [-0.25, -0.2) is 0 Å². The number of carbonyl (C=O) groups is 2. The Balaban J connectivity index is 2.16. The van der Waals surface area contributed by atoms with Gasteiger partial charge in [0.1, 0.15) is 11.4 Å². The van der Waals surface area contributed by atoms with Gasteiger partial charge in [-0.05, 0) is 75.6 Å². The van der Waals surface area contributed by atoms with Gasteiger partial charge in [0.05, 0.1) is 17.6 Å². The molecule has 33 heavy (non-hydrogen) atoms. The van der Waals surface area contributed by atoms with Crippen molar-refractivity contribution in [2.75, 3.05) is 11.4 Å². The molecular weight excluding hydrogens is 440 g/mol. The van der Waals surface area contributed by atoms with Gasteiger partial charge in [0.15, 0.2) is 0 Å². The Morgan fingerprint density at radius 3 is 2.45 bits per heavy atom. The number of amides is 1. The zero-order valence-corrected chi connectivity index (χ0v) is 20.6. The zero-order chi connectivity index (χ0) is 24.2. The minimum absolute atomic E-state index is 0.0539. The van der Waals surface area contributed by atoms with Crippen LogP contribution in [0.25, 0.3) is 22.0 Å². The number of halogens is 1. The summed E-state index contributed by atoms with van der Waals surface area (Å²) < 4.78 is 8.49. The maximum absolute atomic E-state index is 12.5. The average molecular weight is 469 g/mol. The topological polar surface area (TPSA) is 71.8 Å². The number of hydrogen-bond donors (Lipinski definition) is 1. The van der Waals surface area contributed by atoms with Gasteiger partial charge in [0.2, 0.25) is 5.91 Å². The molecule has 0 spiro atoms. The van der Waals surface area contributed by atoms with Crippen molar-refractivity contribution in [1.29, 1.82) is 0 Å². The third kappa shape index (κ3) is 4.08. The minimum atomic E-state index is -0.931. The number of nitrogens with zero attached hydrogens (tertiary/aromatic N) is 2. The Bertz CT molecular complexity index is 1300. The van der Waals surface area contributed by atoms with Crippen LogP contribution >= 0.6 is 11.6 Å². The monoisotopic (exact) mass is 468 g/mol. The van der Waals surface area contributed by atoms with E-state index in [0.717, 1.165) is 39.0 Å². The van der Waals surface area contributed by atoms with Gasteiger partial charge in [-0.3, -0.25) is 9.59 Å². The summed E-state index contributed by atoms with van der Waals surface area (Å²) in [6.07, 6.45) is -0.169. The summed E-state index contributed by atoms with van der Waals surface area (Å²) >= 11 is 6.32. The molecule has 7 heteroatoms. The van der Waals surface area contributed by atoms with E-state index in [1.54, 1.807) is 24.0 Å². The number of aromatic nitrogens is 1. The number of aliphatic carboxylic acids is 1. The van der Waals surface area contributed by atoms with E-state index in [-0.39, 0.29) is 12.3 Å². The van der Waals surface area contributed by atoms with Crippen molar-refractivity contribution in [3.63, 3.8) is 0 Å². The zero-order valence-electron chi connectivity index (χ0n) is 19.9. The van der Waals surface area contributed by atoms with Gasteiger partial charge in [0.25, 0.3) is 0 Å². The van der Waals surface area contributed by atoms with Crippen LogP contribution in [-0.2, 0) is 22.6 Å². The molecule has 1 aliphatic rings. The highest BCUT2D eigenvalue weighted by Gasteiger charge is 2.31. The molecule has 1 aromatic heterocycles. The maximum atomic E-state index is 12.5. The molecule has 0 unspecified atom stereocenters. The summed E-state index contributed by atoms with van der Waals surface area (Å²) in [5, 5.41) is 11.3. The number of carboxylic acid groups (broad SMARTS) is 1. The number of benzene rings is 2. The molecule has 0 bridgehead atoms. The molecule has 0 radical (unpaired) electrons. The Kier molecular flexibility index (Phi) is 5.69. The first-order valence-corrected chi connectivity index (χ1v) is 11.4. The van der Waals surface area contributed by atoms with Crippen LogP contribution in [-0.4, -0.2) is 33.7 Å². The number of hydrogen-bond acceptors (Lipinski definition) is 3. The largest absolute Gasteiger partial charge is 0.487 e. The lowest BCUT2D eigenvalue weighted by Crippen LogP contribution is -2.36. The number of rotatable bonds is 4. The van der Waals surface area contributed by atoms with Crippen LogP contribution in [0.4, 0.5) is 5.69 Å². The van der Waals surface area contributed by atoms with Crippen molar-refractivity contribution < 1.29 is 19.4 Å². The Hall–Kier alpha value is -2.99. The average Bonchev–Trinajstić information content (AvgIpc) is 3.02. The molecule has 6 nitrogen and oxygen atoms in total. The summed E-state index contributed by atoms with van der Waals surface area (Å²) in [5.41, 5.74) is 5.42. The number of aryl methyl sites for hydroxylation is 1. The normalized spacial score (nSPS) is 13.5. The van der Waals surface area contributed by atoms with Gasteiger partial charge >= 0.3 is 5.97 Å². The third-order valence-electron chi connectivity index (χ3n) is 6.06. The van der Waals surface area contributed by atoms with Crippen LogP contribution in [0.1, 0.15) is 44.5 Å². The second-order valence-electron chi connectivity index (χ2n) is 9.62. The van der Waals surface area contributed by atoms with E-state index >= 15 is 0 Å². The van der Waals surface area contributed by atoms with Crippen molar-refractivity contribution in [2.45, 2.75) is 60.1 Å². The Morgan fingerprint density at radius 2 is 1.85 bits per heavy atom. The first kappa shape index (κ1) is 23.2. The third-order valence-corrected chi connectivity index (χ3v) is 6.30. The van der Waals surface area contributed by atoms with E-state index in [9.17, 15) is 14.7 Å². The second kappa shape index (κ2) is 8.10. The molecule has 0 saturated heterocycles. The Morgan fingerprint density at radius 1 is 1.15 bits per heavy atom. The highest BCUT2D eigenvalue weighted by Crippen LogP contribution is 2.47. The standard InChI is InChI=1S/C26H29ClN2O4/c1-14-11-20-23(18-8-7-17(27)12-21(18)33-26(4,5)6)19(13-22(31)32)15(2)24-25(20)28(14)9-10-29(24)16(3)30/h7-8,11-12H,9-10,13H2,1-6H3,(H,31,32). The predicted molar refractivity (Wildman–Crippen MR) is 132 cm³/mol. The number of anilines is 1. The van der Waals surface area contributed by atoms with Crippen LogP contribution in [0.2, 0.25) is 5.02 Å². The van der Waals surface area contributed by atoms with Crippen molar-refractivity contribution in [2.24, 2.45) is 0 Å². The molecule has 1 amide bonds. The summed E-state index contributed by atoms with van der Waals surface area (Å²) in [6.45, 7) is 12.6. The molecular formula is C26H29ClN2O4. The van der Waals surface area contributed by atoms with E-state index in [0.29, 0.717) is 29.4 Å². The molecule has 1 aliphatic heterocycles. The lowest BCUT2D eigenvalue weighted by Gasteiger charge is -2.32. The van der Waals surface area contributed by atoms with E-state index in [2.05, 4.69) is 10.6 Å². The summed E-state index contributed by atoms with van der Waals surface area (Å²) in [4.78, 5) is 26.2. The van der Waals surface area contributed by atoms with Crippen molar-refractivity contribution in [1.82, 2.24) is 4.57 Å². The van der Waals surface area contributed by atoms with Crippen LogP contribution in [0.3, 0.4) is 0 Å². The number of carboxylic acids is 1. The fourth-order valence-corrected chi connectivity index (χ4v) is 5.00. The van der Waals surface area contributed by atoms with Crippen LogP contribution in [0.5, 0.6) is 5.75 Å². The van der Waals surface area contributed by atoms with Gasteiger partial charge in [0, 0.05) is 41.7 Å². The van der Waals surface area contributed by atoms with Crippen molar-refractivity contribution in [3.8, 4) is 16.9 Å². The molecule has 2 heterocycles. The molecule has 0 aliphatic carbocycles. The maximum Gasteiger partial charge on any atom is 0.307 e. The highest BCUT2D eigenvalue weighted by molar-refractivity contribution is 6.31. The van der Waals surface area contributed by atoms with Crippen molar-refractivity contribution >= 4 is 40.1 Å². The van der Waals surface area contributed by atoms with E-state index in [1.807, 2.05) is 40.7 Å². The molecule has 2 aromatic carbocycles. The highest BCUT2D eigenvalue weighted by atomic mass is 35.5. The molecule has 174 valence electrons. The fourth-order valence-electron chi connectivity index (χ4n) is 4.84. The molecule has 3 aromatic rings. The summed E-state index contributed by atoms with van der Waals surface area (Å²) in [6, 6.07) is 7.55. The van der Waals surface area contributed by atoms with Gasteiger partial charge in [-0.1, -0.05) is 11.6 Å². The quantitative estimate of drug-likeness (QED) is 0.529. The first-order chi connectivity index (χ1) is 15.4. The first-order valence-electron chi connectivity index (χ1n) is 11.0. The molecule has 1 N–H and O–H groups in total. The molecule has 0 fully saturated rings. The van der Waals surface area contributed by atoms with E-state index < -0.39 is 11.6 Å². The number of ether oxygens (including phenoxy) is 1. The molecule has 0 atom stereocenters. The Labute approximate surface area is 198 Å². The van der Waals surface area contributed by atoms with Crippen LogP contribution in [0, 0.1) is 13.8 Å². The van der Waals surface area contributed by atoms with Gasteiger partial charge in [-0.2, -0.15) is 0 Å². The van der Waals surface area contributed by atoms with Crippen LogP contribution < -0.4 is 9.64 Å².